The van der Waals surface area contributed by atoms with Gasteiger partial charge in [-0.15, -0.1) is 0 Å². The van der Waals surface area contributed by atoms with E-state index in [1.54, 1.807) is 0 Å². The molecule has 1 rings (SSSR count). The molecule has 7 heteroatoms. The van der Waals surface area contributed by atoms with E-state index in [0.29, 0.717) is 17.4 Å². The molecular formula is C13H19BrF3N3. The summed E-state index contributed by atoms with van der Waals surface area (Å²) in [4.78, 5) is 3.86. The maximum Gasteiger partial charge on any atom is 0.419 e. The summed E-state index contributed by atoms with van der Waals surface area (Å²) in [6.45, 7) is 6.25. The normalized spacial score (nSPS) is 14.2. The first-order valence-electron chi connectivity index (χ1n) is 6.25. The van der Waals surface area contributed by atoms with Gasteiger partial charge in [-0.2, -0.15) is 13.2 Å². The Morgan fingerprint density at radius 2 is 1.95 bits per heavy atom. The first-order valence-corrected chi connectivity index (χ1v) is 7.04. The van der Waals surface area contributed by atoms with Gasteiger partial charge in [-0.05, 0) is 40.4 Å². The van der Waals surface area contributed by atoms with Gasteiger partial charge in [0.2, 0.25) is 0 Å². The summed E-state index contributed by atoms with van der Waals surface area (Å²) in [5, 5.41) is 2.89. The largest absolute Gasteiger partial charge is 0.419 e. The predicted molar refractivity (Wildman–Crippen MR) is 77.5 cm³/mol. The Morgan fingerprint density at radius 3 is 2.40 bits per heavy atom. The smallest absolute Gasteiger partial charge is 0.366 e. The van der Waals surface area contributed by atoms with Crippen molar-refractivity contribution in [1.29, 1.82) is 0 Å². The molecule has 3 nitrogen and oxygen atoms in total. The van der Waals surface area contributed by atoms with Crippen LogP contribution in [0.3, 0.4) is 0 Å². The van der Waals surface area contributed by atoms with Crippen molar-refractivity contribution in [1.82, 2.24) is 4.98 Å². The van der Waals surface area contributed by atoms with Gasteiger partial charge >= 0.3 is 6.18 Å². The van der Waals surface area contributed by atoms with Gasteiger partial charge in [-0.25, -0.2) is 4.98 Å². The molecule has 0 fully saturated rings. The Kier molecular flexibility index (Phi) is 5.43. The second-order valence-electron chi connectivity index (χ2n) is 5.69. The first kappa shape index (κ1) is 17.2. The maximum atomic E-state index is 13.0. The summed E-state index contributed by atoms with van der Waals surface area (Å²) in [6.07, 6.45) is -2.54. The minimum Gasteiger partial charge on any atom is -0.366 e. The predicted octanol–water partition coefficient (Wildman–Crippen LogP) is 4.04. The number of hydrogen-bond acceptors (Lipinski definition) is 3. The molecule has 0 bridgehead atoms. The summed E-state index contributed by atoms with van der Waals surface area (Å²) in [6, 6.07) is 0.833. The van der Waals surface area contributed by atoms with Crippen LogP contribution in [0.5, 0.6) is 0 Å². The quantitative estimate of drug-likeness (QED) is 0.858. The van der Waals surface area contributed by atoms with Crippen LogP contribution in [0.4, 0.5) is 19.0 Å². The summed E-state index contributed by atoms with van der Waals surface area (Å²) in [7, 11) is 0. The molecule has 0 radical (unpaired) electrons. The van der Waals surface area contributed by atoms with Gasteiger partial charge in [0.1, 0.15) is 5.82 Å². The van der Waals surface area contributed by atoms with Crippen molar-refractivity contribution < 1.29 is 13.2 Å². The fraction of sp³-hybridized carbons (Fsp3) is 0.615. The average Bonchev–Trinajstić information content (AvgIpc) is 2.28. The monoisotopic (exact) mass is 353 g/mol. The molecule has 1 atom stereocenters. The third-order valence-corrected chi connectivity index (χ3v) is 3.41. The van der Waals surface area contributed by atoms with Gasteiger partial charge in [0.15, 0.2) is 0 Å². The molecule has 1 heterocycles. The number of halogens is 4. The Bertz CT molecular complexity index is 455. The van der Waals surface area contributed by atoms with Crippen molar-refractivity contribution >= 4 is 21.7 Å². The van der Waals surface area contributed by atoms with Crippen LogP contribution in [0, 0.1) is 5.41 Å². The number of pyridine rings is 1. The first-order chi connectivity index (χ1) is 9.05. The summed E-state index contributed by atoms with van der Waals surface area (Å²) in [5.41, 5.74) is 4.53. The van der Waals surface area contributed by atoms with Crippen LogP contribution in [0.25, 0.3) is 0 Å². The lowest BCUT2D eigenvalue weighted by Crippen LogP contribution is -2.36. The maximum absolute atomic E-state index is 13.0. The van der Waals surface area contributed by atoms with Gasteiger partial charge in [0, 0.05) is 16.7 Å². The highest BCUT2D eigenvalue weighted by molar-refractivity contribution is 9.10. The number of nitrogens with zero attached hydrogens (tertiary/aromatic N) is 1. The molecule has 0 spiro atoms. The van der Waals surface area contributed by atoms with E-state index in [0.717, 1.165) is 6.07 Å². The molecule has 0 saturated heterocycles. The van der Waals surface area contributed by atoms with Crippen LogP contribution in [0.2, 0.25) is 0 Å². The van der Waals surface area contributed by atoms with Gasteiger partial charge in [-0.1, -0.05) is 20.8 Å². The lowest BCUT2D eigenvalue weighted by Gasteiger charge is -2.32. The van der Waals surface area contributed by atoms with Gasteiger partial charge in [-0.3, -0.25) is 0 Å². The van der Waals surface area contributed by atoms with Crippen LogP contribution < -0.4 is 11.1 Å². The van der Waals surface area contributed by atoms with Gasteiger partial charge in [0.25, 0.3) is 0 Å². The fourth-order valence-corrected chi connectivity index (χ4v) is 2.16. The molecule has 0 aromatic carbocycles. The zero-order valence-electron chi connectivity index (χ0n) is 11.7. The standard InChI is InChI=1S/C13H19BrF3N3/c1-12(2,3)10(4-5-18)20-11-9(13(15,16)17)6-8(14)7-19-11/h6-7,10H,4-5,18H2,1-3H3,(H,19,20). The van der Waals surface area contributed by atoms with Crippen LogP contribution in [0.1, 0.15) is 32.8 Å². The lowest BCUT2D eigenvalue weighted by atomic mass is 9.84. The molecule has 1 aromatic rings. The molecule has 3 N–H and O–H groups in total. The lowest BCUT2D eigenvalue weighted by molar-refractivity contribution is -0.137. The van der Waals surface area contributed by atoms with Crippen molar-refractivity contribution in [2.24, 2.45) is 11.1 Å². The highest BCUT2D eigenvalue weighted by atomic mass is 79.9. The fourth-order valence-electron chi connectivity index (χ4n) is 1.82. The number of anilines is 1. The van der Waals surface area contributed by atoms with E-state index in [1.807, 2.05) is 20.8 Å². The molecule has 20 heavy (non-hydrogen) atoms. The van der Waals surface area contributed by atoms with Crippen molar-refractivity contribution in [3.63, 3.8) is 0 Å². The third-order valence-electron chi connectivity index (χ3n) is 2.97. The third kappa shape index (κ3) is 4.63. The SMILES string of the molecule is CC(C)(C)C(CCN)Nc1ncc(Br)cc1C(F)(F)F. The van der Waals surface area contributed by atoms with Crippen LogP contribution in [-0.4, -0.2) is 17.6 Å². The zero-order valence-corrected chi connectivity index (χ0v) is 13.3. The molecule has 0 amide bonds. The number of aromatic nitrogens is 1. The number of alkyl halides is 3. The van der Waals surface area contributed by atoms with Crippen molar-refractivity contribution in [2.75, 3.05) is 11.9 Å². The molecular weight excluding hydrogens is 335 g/mol. The summed E-state index contributed by atoms with van der Waals surface area (Å²) < 4.78 is 39.4. The van der Waals surface area contributed by atoms with E-state index in [-0.39, 0.29) is 17.3 Å². The average molecular weight is 354 g/mol. The minimum absolute atomic E-state index is 0.158. The van der Waals surface area contributed by atoms with Crippen molar-refractivity contribution in [3.8, 4) is 0 Å². The van der Waals surface area contributed by atoms with E-state index >= 15 is 0 Å². The molecule has 0 saturated carbocycles. The van der Waals surface area contributed by atoms with Gasteiger partial charge in [0.05, 0.1) is 5.56 Å². The molecule has 1 unspecified atom stereocenters. The number of nitrogens with one attached hydrogen (secondary N) is 1. The van der Waals surface area contributed by atoms with Crippen molar-refractivity contribution in [2.45, 2.75) is 39.4 Å². The highest BCUT2D eigenvalue weighted by Crippen LogP contribution is 2.36. The molecule has 0 aliphatic rings. The Balaban J connectivity index is 3.13. The second-order valence-corrected chi connectivity index (χ2v) is 6.60. The summed E-state index contributed by atoms with van der Waals surface area (Å²) >= 11 is 3.01. The van der Waals surface area contributed by atoms with E-state index in [4.69, 9.17) is 5.73 Å². The van der Waals surface area contributed by atoms with Gasteiger partial charge < -0.3 is 11.1 Å². The number of nitrogens with two attached hydrogens (primary N) is 1. The van der Waals surface area contributed by atoms with Crippen LogP contribution >= 0.6 is 15.9 Å². The van der Waals surface area contributed by atoms with E-state index in [9.17, 15) is 13.2 Å². The van der Waals surface area contributed by atoms with E-state index in [1.165, 1.54) is 6.20 Å². The van der Waals surface area contributed by atoms with Crippen LogP contribution in [0.15, 0.2) is 16.7 Å². The number of hydrogen-bond donors (Lipinski definition) is 2. The Labute approximate surface area is 125 Å². The number of rotatable bonds is 4. The van der Waals surface area contributed by atoms with E-state index in [2.05, 4.69) is 26.2 Å². The van der Waals surface area contributed by atoms with Crippen molar-refractivity contribution in [3.05, 3.63) is 22.3 Å². The van der Waals surface area contributed by atoms with E-state index < -0.39 is 11.7 Å². The topological polar surface area (TPSA) is 50.9 Å². The van der Waals surface area contributed by atoms with Crippen LogP contribution in [-0.2, 0) is 6.18 Å². The summed E-state index contributed by atoms with van der Waals surface area (Å²) in [5.74, 6) is -0.158. The molecule has 0 aliphatic carbocycles. The highest BCUT2D eigenvalue weighted by Gasteiger charge is 2.36. The molecule has 0 aliphatic heterocycles. The zero-order chi connectivity index (χ0) is 15.6. The second kappa shape index (κ2) is 6.30. The minimum atomic E-state index is -4.45. The molecule has 114 valence electrons. The Hall–Kier alpha value is -0.820. The molecule has 1 aromatic heterocycles. The Morgan fingerprint density at radius 1 is 1.35 bits per heavy atom.